The van der Waals surface area contributed by atoms with Crippen molar-refractivity contribution in [3.63, 3.8) is 0 Å². The molecule has 1 rings (SSSR count). The van der Waals surface area contributed by atoms with Crippen molar-refractivity contribution in [1.29, 1.82) is 0 Å². The summed E-state index contributed by atoms with van der Waals surface area (Å²) < 4.78 is 11.4. The summed E-state index contributed by atoms with van der Waals surface area (Å²) in [7, 11) is 0. The number of aliphatic hydroxyl groups excluding tert-OH is 5. The minimum atomic E-state index is -1.55. The lowest BCUT2D eigenvalue weighted by molar-refractivity contribution is -0.302. The molecule has 0 aromatic carbocycles. The second-order valence-corrected chi connectivity index (χ2v) is 24.0. The molecule has 0 bridgehead atoms. The molecule has 1 saturated heterocycles. The van der Waals surface area contributed by atoms with Crippen LogP contribution in [0.15, 0.2) is 24.3 Å². The highest BCUT2D eigenvalue weighted by molar-refractivity contribution is 5.76. The third-order valence-electron chi connectivity index (χ3n) is 16.6. The first kappa shape index (κ1) is 73.7. The van der Waals surface area contributed by atoms with Gasteiger partial charge in [0.15, 0.2) is 6.29 Å². The van der Waals surface area contributed by atoms with Crippen molar-refractivity contribution in [3.8, 4) is 0 Å². The van der Waals surface area contributed by atoms with Gasteiger partial charge in [0.1, 0.15) is 24.4 Å². The van der Waals surface area contributed by atoms with Crippen LogP contribution in [0.25, 0.3) is 0 Å². The van der Waals surface area contributed by atoms with Gasteiger partial charge in [0.05, 0.1) is 25.4 Å². The lowest BCUT2D eigenvalue weighted by atomic mass is 9.99. The number of ether oxygens (including phenoxy) is 2. The zero-order chi connectivity index (χ0) is 55.8. The minimum Gasteiger partial charge on any atom is -0.394 e. The van der Waals surface area contributed by atoms with E-state index in [1.165, 1.54) is 276 Å². The number of allylic oxidation sites excluding steroid dienone is 4. The zero-order valence-corrected chi connectivity index (χ0v) is 51.0. The van der Waals surface area contributed by atoms with Gasteiger partial charge in [-0.2, -0.15) is 0 Å². The number of rotatable bonds is 60. The van der Waals surface area contributed by atoms with Crippen molar-refractivity contribution >= 4 is 5.91 Å². The molecule has 1 fully saturated rings. The zero-order valence-electron chi connectivity index (χ0n) is 51.0. The van der Waals surface area contributed by atoms with Gasteiger partial charge >= 0.3 is 0 Å². The molecule has 1 amide bonds. The molecule has 1 aliphatic heterocycles. The molecular weight excluding hydrogens is 959 g/mol. The van der Waals surface area contributed by atoms with Crippen molar-refractivity contribution in [2.75, 3.05) is 13.2 Å². The van der Waals surface area contributed by atoms with Crippen LogP contribution in [0.5, 0.6) is 0 Å². The Labute approximate surface area is 477 Å². The van der Waals surface area contributed by atoms with Gasteiger partial charge in [-0.3, -0.25) is 4.79 Å². The first-order valence-electron chi connectivity index (χ1n) is 34.0. The monoisotopic (exact) mass is 1090 g/mol. The highest BCUT2D eigenvalue weighted by atomic mass is 16.7. The number of nitrogens with one attached hydrogen (secondary N) is 1. The predicted octanol–water partition coefficient (Wildman–Crippen LogP) is 18.1. The van der Waals surface area contributed by atoms with Crippen LogP contribution in [0, 0.1) is 0 Å². The van der Waals surface area contributed by atoms with E-state index < -0.39 is 49.5 Å². The molecule has 456 valence electrons. The van der Waals surface area contributed by atoms with Crippen molar-refractivity contribution in [3.05, 3.63) is 24.3 Å². The Morgan fingerprint density at radius 2 is 0.766 bits per heavy atom. The Morgan fingerprint density at radius 1 is 0.442 bits per heavy atom. The van der Waals surface area contributed by atoms with Crippen LogP contribution in [-0.4, -0.2) is 87.5 Å². The third-order valence-corrected chi connectivity index (χ3v) is 16.6. The number of hydrogen-bond acceptors (Lipinski definition) is 8. The summed E-state index contributed by atoms with van der Waals surface area (Å²) in [5, 5.41) is 54.9. The fourth-order valence-electron chi connectivity index (χ4n) is 11.2. The fourth-order valence-corrected chi connectivity index (χ4v) is 11.2. The highest BCUT2D eigenvalue weighted by Gasteiger charge is 2.44. The van der Waals surface area contributed by atoms with Crippen LogP contribution in [0.2, 0.25) is 0 Å². The smallest absolute Gasteiger partial charge is 0.220 e. The quantitative estimate of drug-likeness (QED) is 0.0261. The summed E-state index contributed by atoms with van der Waals surface area (Å²) in [6, 6.07) is -0.721. The summed E-state index contributed by atoms with van der Waals surface area (Å²) in [6.07, 6.45) is 68.1. The van der Waals surface area contributed by atoms with E-state index in [4.69, 9.17) is 9.47 Å². The second kappa shape index (κ2) is 57.9. The maximum Gasteiger partial charge on any atom is 0.220 e. The van der Waals surface area contributed by atoms with E-state index in [-0.39, 0.29) is 12.5 Å². The van der Waals surface area contributed by atoms with Gasteiger partial charge < -0.3 is 40.3 Å². The molecule has 1 aliphatic rings. The van der Waals surface area contributed by atoms with Crippen molar-refractivity contribution in [2.45, 2.75) is 391 Å². The minimum absolute atomic E-state index is 0.135. The van der Waals surface area contributed by atoms with E-state index in [1.54, 1.807) is 0 Å². The molecule has 0 saturated carbocycles. The summed E-state index contributed by atoms with van der Waals surface area (Å²) >= 11 is 0. The molecule has 0 aliphatic carbocycles. The van der Waals surface area contributed by atoms with E-state index in [0.717, 1.165) is 44.9 Å². The van der Waals surface area contributed by atoms with Gasteiger partial charge in [0.2, 0.25) is 5.91 Å². The second-order valence-electron chi connectivity index (χ2n) is 24.0. The van der Waals surface area contributed by atoms with Crippen LogP contribution < -0.4 is 5.32 Å². The first-order valence-corrected chi connectivity index (χ1v) is 34.0. The normalized spacial score (nSPS) is 18.8. The molecule has 9 nitrogen and oxygen atoms in total. The van der Waals surface area contributed by atoms with Crippen LogP contribution in [-0.2, 0) is 14.3 Å². The maximum absolute atomic E-state index is 13.1. The molecule has 7 atom stereocenters. The van der Waals surface area contributed by atoms with Crippen LogP contribution in [0.1, 0.15) is 348 Å². The lowest BCUT2D eigenvalue weighted by Crippen LogP contribution is -2.60. The van der Waals surface area contributed by atoms with Crippen molar-refractivity contribution in [2.24, 2.45) is 0 Å². The molecule has 9 heteroatoms. The van der Waals surface area contributed by atoms with E-state index in [9.17, 15) is 30.3 Å². The Kier molecular flexibility index (Phi) is 55.4. The molecule has 77 heavy (non-hydrogen) atoms. The Hall–Kier alpha value is -1.33. The molecule has 0 aromatic rings. The lowest BCUT2D eigenvalue weighted by Gasteiger charge is -2.40. The summed E-state index contributed by atoms with van der Waals surface area (Å²) in [5.41, 5.74) is 0. The van der Waals surface area contributed by atoms with Gasteiger partial charge in [-0.25, -0.2) is 0 Å². The number of aliphatic hydroxyl groups is 5. The molecule has 0 spiro atoms. The number of amides is 1. The van der Waals surface area contributed by atoms with Crippen molar-refractivity contribution in [1.82, 2.24) is 5.32 Å². The van der Waals surface area contributed by atoms with Gasteiger partial charge in [0, 0.05) is 6.42 Å². The predicted molar refractivity (Wildman–Crippen MR) is 327 cm³/mol. The molecular formula is C68H131NO8. The Morgan fingerprint density at radius 3 is 1.12 bits per heavy atom. The standard InChI is InChI=1S/C68H131NO8/c1-3-5-7-9-11-13-15-17-19-21-23-25-27-28-29-30-31-32-33-34-36-37-39-41-43-45-47-49-51-53-55-57-62(71)61(60-76-68-67(75)66(74)65(73)63(59-70)77-68)69-64(72)58-56-54-52-50-48-46-44-42-40-38-35-26-24-22-20-18-16-14-12-10-8-6-4-2/h16,18,22,24,61-63,65-68,70-71,73-75H,3-15,17,19-21,23,25-60H2,1-2H3,(H,69,72)/b18-16-,24-22-. The Bertz CT molecular complexity index is 1260. The van der Waals surface area contributed by atoms with Crippen LogP contribution >= 0.6 is 0 Å². The summed E-state index contributed by atoms with van der Waals surface area (Å²) in [4.78, 5) is 13.1. The molecule has 6 N–H and O–H groups in total. The number of unbranched alkanes of at least 4 members (excludes halogenated alkanes) is 46. The van der Waals surface area contributed by atoms with Gasteiger partial charge in [-0.15, -0.1) is 0 Å². The van der Waals surface area contributed by atoms with E-state index in [2.05, 4.69) is 43.5 Å². The number of carbonyl (C=O) groups is 1. The molecule has 0 aromatic heterocycles. The van der Waals surface area contributed by atoms with E-state index >= 15 is 0 Å². The summed E-state index contributed by atoms with van der Waals surface area (Å²) in [6.45, 7) is 3.88. The molecule has 0 radical (unpaired) electrons. The van der Waals surface area contributed by atoms with Gasteiger partial charge in [0.25, 0.3) is 0 Å². The average molecular weight is 1090 g/mol. The third kappa shape index (κ3) is 46.9. The summed E-state index contributed by atoms with van der Waals surface area (Å²) in [5.74, 6) is -0.141. The largest absolute Gasteiger partial charge is 0.394 e. The number of carbonyl (C=O) groups excluding carboxylic acids is 1. The SMILES string of the molecule is CCCCCCC/C=C\C/C=C\CCCCCCCCCCCCCC(=O)NC(COC1OC(CO)C(O)C(O)C1O)C(O)CCCCCCCCCCCCCCCCCCCCCCCCCCCCCCCCC. The van der Waals surface area contributed by atoms with Crippen LogP contribution in [0.4, 0.5) is 0 Å². The maximum atomic E-state index is 13.1. The topological polar surface area (TPSA) is 149 Å². The first-order chi connectivity index (χ1) is 37.8. The van der Waals surface area contributed by atoms with Crippen molar-refractivity contribution < 1.29 is 39.8 Å². The average Bonchev–Trinajstić information content (AvgIpc) is 3.43. The fraction of sp³-hybridized carbons (Fsp3) is 0.926. The van der Waals surface area contributed by atoms with E-state index in [0.29, 0.717) is 12.8 Å². The highest BCUT2D eigenvalue weighted by Crippen LogP contribution is 2.24. The van der Waals surface area contributed by atoms with Crippen LogP contribution in [0.3, 0.4) is 0 Å². The molecule has 7 unspecified atom stereocenters. The van der Waals surface area contributed by atoms with Gasteiger partial charge in [-0.1, -0.05) is 321 Å². The van der Waals surface area contributed by atoms with E-state index in [1.807, 2.05) is 0 Å². The number of hydrogen-bond donors (Lipinski definition) is 6. The molecule has 1 heterocycles. The Balaban J connectivity index is 2.11. The van der Waals surface area contributed by atoms with Gasteiger partial charge in [-0.05, 0) is 44.9 Å².